The highest BCUT2D eigenvalue weighted by molar-refractivity contribution is 5.09. The zero-order valence-electron chi connectivity index (χ0n) is 10.5. The zero-order chi connectivity index (χ0) is 11.3. The molecule has 1 heterocycles. The molecule has 0 aliphatic carbocycles. The molecule has 0 saturated carbocycles. The van der Waals surface area contributed by atoms with Crippen molar-refractivity contribution >= 4 is 0 Å². The smallest absolute Gasteiger partial charge is 0.0524 e. The van der Waals surface area contributed by atoms with Crippen molar-refractivity contribution < 1.29 is 0 Å². The molecule has 15 heavy (non-hydrogen) atoms. The highest BCUT2D eigenvalue weighted by Crippen LogP contribution is 2.22. The summed E-state index contributed by atoms with van der Waals surface area (Å²) in [6, 6.07) is 0. The highest BCUT2D eigenvalue weighted by Gasteiger charge is 2.08. The first-order chi connectivity index (χ1) is 7.13. The Morgan fingerprint density at radius 3 is 2.60 bits per heavy atom. The monoisotopic (exact) mass is 208 g/mol. The Labute approximate surface area is 93.7 Å². The van der Waals surface area contributed by atoms with Gasteiger partial charge in [0.1, 0.15) is 0 Å². The van der Waals surface area contributed by atoms with Crippen molar-refractivity contribution in [2.24, 2.45) is 13.0 Å². The van der Waals surface area contributed by atoms with Gasteiger partial charge in [-0.15, -0.1) is 0 Å². The molecule has 2 atom stereocenters. The van der Waals surface area contributed by atoms with Gasteiger partial charge in [-0.2, -0.15) is 5.10 Å². The van der Waals surface area contributed by atoms with Crippen molar-refractivity contribution in [3.8, 4) is 0 Å². The lowest BCUT2D eigenvalue weighted by atomic mass is 9.94. The summed E-state index contributed by atoms with van der Waals surface area (Å²) in [6.45, 7) is 6.91. The van der Waals surface area contributed by atoms with E-state index in [9.17, 15) is 0 Å². The third-order valence-corrected chi connectivity index (χ3v) is 3.32. The summed E-state index contributed by atoms with van der Waals surface area (Å²) in [5.74, 6) is 1.54. The number of hydrogen-bond donors (Lipinski definition) is 0. The lowest BCUT2D eigenvalue weighted by molar-refractivity contribution is 0.469. The third kappa shape index (κ3) is 4.06. The van der Waals surface area contributed by atoms with Crippen molar-refractivity contribution in [3.63, 3.8) is 0 Å². The van der Waals surface area contributed by atoms with Crippen LogP contribution < -0.4 is 0 Å². The summed E-state index contributed by atoms with van der Waals surface area (Å²) in [6.07, 6.45) is 9.42. The van der Waals surface area contributed by atoms with Gasteiger partial charge in [0, 0.05) is 13.2 Å². The summed E-state index contributed by atoms with van der Waals surface area (Å²) in [4.78, 5) is 0. The van der Waals surface area contributed by atoms with E-state index in [1.54, 1.807) is 0 Å². The molecule has 0 N–H and O–H groups in total. The van der Waals surface area contributed by atoms with E-state index in [0.717, 1.165) is 5.92 Å². The van der Waals surface area contributed by atoms with Gasteiger partial charge in [-0.3, -0.25) is 4.68 Å². The first-order valence-electron chi connectivity index (χ1n) is 6.12. The van der Waals surface area contributed by atoms with Crippen LogP contribution in [0.15, 0.2) is 12.4 Å². The fraction of sp³-hybridized carbons (Fsp3) is 0.769. The fourth-order valence-electron chi connectivity index (χ4n) is 1.84. The molecule has 0 aliphatic heterocycles. The van der Waals surface area contributed by atoms with Gasteiger partial charge in [-0.05, 0) is 23.8 Å². The van der Waals surface area contributed by atoms with E-state index in [1.165, 1.54) is 31.2 Å². The minimum Gasteiger partial charge on any atom is -0.276 e. The fourth-order valence-corrected chi connectivity index (χ4v) is 1.84. The molecule has 2 nitrogen and oxygen atoms in total. The molecule has 1 aromatic heterocycles. The quantitative estimate of drug-likeness (QED) is 0.696. The maximum absolute atomic E-state index is 4.21. The lowest BCUT2D eigenvalue weighted by Crippen LogP contribution is -1.96. The third-order valence-electron chi connectivity index (χ3n) is 3.32. The van der Waals surface area contributed by atoms with Gasteiger partial charge in [0.25, 0.3) is 0 Å². The molecule has 0 radical (unpaired) electrons. The Morgan fingerprint density at radius 1 is 1.33 bits per heavy atom. The molecule has 0 aromatic carbocycles. The van der Waals surface area contributed by atoms with Gasteiger partial charge in [0.2, 0.25) is 0 Å². The molecule has 0 aliphatic rings. The van der Waals surface area contributed by atoms with Gasteiger partial charge in [-0.1, -0.05) is 40.0 Å². The minimum absolute atomic E-state index is 0.655. The van der Waals surface area contributed by atoms with Gasteiger partial charge in [0.15, 0.2) is 0 Å². The SMILES string of the molecule is CCC(C)CCCC(C)c1cnn(C)c1. The maximum atomic E-state index is 4.21. The summed E-state index contributed by atoms with van der Waals surface area (Å²) in [5.41, 5.74) is 1.38. The second kappa shape index (κ2) is 5.94. The van der Waals surface area contributed by atoms with Crippen molar-refractivity contribution in [1.82, 2.24) is 9.78 Å². The number of hydrogen-bond acceptors (Lipinski definition) is 1. The zero-order valence-corrected chi connectivity index (χ0v) is 10.5. The van der Waals surface area contributed by atoms with Crippen LogP contribution in [0.5, 0.6) is 0 Å². The Morgan fingerprint density at radius 2 is 2.07 bits per heavy atom. The van der Waals surface area contributed by atoms with E-state index in [4.69, 9.17) is 0 Å². The number of nitrogens with zero attached hydrogens (tertiary/aromatic N) is 2. The van der Waals surface area contributed by atoms with Crippen LogP contribution in [0.4, 0.5) is 0 Å². The molecule has 0 spiro atoms. The Balaban J connectivity index is 2.27. The van der Waals surface area contributed by atoms with E-state index >= 15 is 0 Å². The number of aryl methyl sites for hydroxylation is 1. The molecule has 2 unspecified atom stereocenters. The average molecular weight is 208 g/mol. The van der Waals surface area contributed by atoms with Crippen LogP contribution in [0, 0.1) is 5.92 Å². The van der Waals surface area contributed by atoms with Crippen LogP contribution in [0.2, 0.25) is 0 Å². The largest absolute Gasteiger partial charge is 0.276 e. The molecule has 0 bridgehead atoms. The second-order valence-corrected chi connectivity index (χ2v) is 4.79. The van der Waals surface area contributed by atoms with Gasteiger partial charge in [0.05, 0.1) is 6.20 Å². The first-order valence-corrected chi connectivity index (χ1v) is 6.12. The van der Waals surface area contributed by atoms with Crippen molar-refractivity contribution in [2.45, 2.75) is 52.4 Å². The molecular weight excluding hydrogens is 184 g/mol. The Hall–Kier alpha value is -0.790. The summed E-state index contributed by atoms with van der Waals surface area (Å²) >= 11 is 0. The summed E-state index contributed by atoms with van der Waals surface area (Å²) in [7, 11) is 1.98. The van der Waals surface area contributed by atoms with E-state index in [-0.39, 0.29) is 0 Å². The van der Waals surface area contributed by atoms with Crippen molar-refractivity contribution in [1.29, 1.82) is 0 Å². The predicted molar refractivity (Wildman–Crippen MR) is 64.9 cm³/mol. The van der Waals surface area contributed by atoms with Gasteiger partial charge < -0.3 is 0 Å². The Kier molecular flexibility index (Phi) is 4.86. The molecule has 0 amide bonds. The Bertz CT molecular complexity index is 278. The van der Waals surface area contributed by atoms with Crippen LogP contribution in [0.3, 0.4) is 0 Å². The van der Waals surface area contributed by atoms with Crippen LogP contribution in [0.25, 0.3) is 0 Å². The second-order valence-electron chi connectivity index (χ2n) is 4.79. The number of rotatable bonds is 6. The lowest BCUT2D eigenvalue weighted by Gasteiger charge is -2.11. The summed E-state index contributed by atoms with van der Waals surface area (Å²) < 4.78 is 1.89. The van der Waals surface area contributed by atoms with Crippen LogP contribution in [-0.2, 0) is 7.05 Å². The molecule has 0 saturated heterocycles. The molecule has 2 heteroatoms. The topological polar surface area (TPSA) is 17.8 Å². The van der Waals surface area contributed by atoms with Crippen LogP contribution in [-0.4, -0.2) is 9.78 Å². The summed E-state index contributed by atoms with van der Waals surface area (Å²) in [5, 5.41) is 4.21. The molecule has 0 fully saturated rings. The normalized spacial score (nSPS) is 15.2. The first kappa shape index (κ1) is 12.3. The predicted octanol–water partition coefficient (Wildman–Crippen LogP) is 3.74. The van der Waals surface area contributed by atoms with E-state index in [0.29, 0.717) is 5.92 Å². The van der Waals surface area contributed by atoms with Crippen LogP contribution in [0.1, 0.15) is 57.9 Å². The van der Waals surface area contributed by atoms with Crippen LogP contribution >= 0.6 is 0 Å². The van der Waals surface area contributed by atoms with E-state index in [1.807, 2.05) is 17.9 Å². The standard InChI is InChI=1S/C13H24N2/c1-5-11(2)7-6-8-12(3)13-9-14-15(4)10-13/h9-12H,5-8H2,1-4H3. The minimum atomic E-state index is 0.655. The highest BCUT2D eigenvalue weighted by atomic mass is 15.2. The molecule has 1 aromatic rings. The molecule has 86 valence electrons. The van der Waals surface area contributed by atoms with Crippen molar-refractivity contribution in [3.05, 3.63) is 18.0 Å². The van der Waals surface area contributed by atoms with Crippen molar-refractivity contribution in [2.75, 3.05) is 0 Å². The maximum Gasteiger partial charge on any atom is 0.0524 e. The van der Waals surface area contributed by atoms with E-state index < -0.39 is 0 Å². The molecule has 1 rings (SSSR count). The average Bonchev–Trinajstić information content (AvgIpc) is 2.64. The number of aromatic nitrogens is 2. The van der Waals surface area contributed by atoms with Gasteiger partial charge >= 0.3 is 0 Å². The van der Waals surface area contributed by atoms with Gasteiger partial charge in [-0.25, -0.2) is 0 Å². The molecular formula is C13H24N2. The van der Waals surface area contributed by atoms with E-state index in [2.05, 4.69) is 32.1 Å².